The predicted molar refractivity (Wildman–Crippen MR) is 97.6 cm³/mol. The molecule has 1 N–H and O–H groups in total. The Morgan fingerprint density at radius 1 is 1.27 bits per heavy atom. The van der Waals surface area contributed by atoms with Gasteiger partial charge in [0.2, 0.25) is 0 Å². The van der Waals surface area contributed by atoms with E-state index in [1.165, 1.54) is 4.57 Å². The molecule has 0 amide bonds. The Hall–Kier alpha value is -2.93. The molecule has 0 radical (unpaired) electrons. The van der Waals surface area contributed by atoms with Crippen molar-refractivity contribution in [2.45, 2.75) is 25.5 Å². The van der Waals surface area contributed by atoms with Gasteiger partial charge in [-0.15, -0.1) is 0 Å². The number of hydrogen-bond acceptors (Lipinski definition) is 5. The van der Waals surface area contributed by atoms with Gasteiger partial charge >= 0.3 is 5.69 Å². The molecule has 1 aromatic carbocycles. The molecule has 1 saturated heterocycles. The number of ether oxygens (including phenoxy) is 2. The summed E-state index contributed by atoms with van der Waals surface area (Å²) in [4.78, 5) is 31.8. The van der Waals surface area contributed by atoms with Crippen LogP contribution in [0.15, 0.2) is 46.1 Å². The van der Waals surface area contributed by atoms with Crippen molar-refractivity contribution < 1.29 is 9.47 Å². The molecule has 3 heterocycles. The molecule has 0 aliphatic carbocycles. The summed E-state index contributed by atoms with van der Waals surface area (Å²) in [6.07, 6.45) is 3.42. The summed E-state index contributed by atoms with van der Waals surface area (Å²) in [5.74, 6) is 0.649. The molecule has 134 valence electrons. The van der Waals surface area contributed by atoms with Crippen LogP contribution in [0.5, 0.6) is 5.75 Å². The molecule has 0 spiro atoms. The number of fused-ring (bicyclic) bond motifs is 1. The van der Waals surface area contributed by atoms with Crippen LogP contribution in [0.1, 0.15) is 12.8 Å². The maximum atomic E-state index is 12.6. The average molecular weight is 353 g/mol. The van der Waals surface area contributed by atoms with Crippen molar-refractivity contribution >= 4 is 11.0 Å². The zero-order valence-electron chi connectivity index (χ0n) is 14.4. The number of benzene rings is 1. The van der Waals surface area contributed by atoms with Crippen molar-refractivity contribution in [2.24, 2.45) is 0 Å². The lowest BCUT2D eigenvalue weighted by Crippen LogP contribution is -2.34. The van der Waals surface area contributed by atoms with Crippen molar-refractivity contribution in [2.75, 3.05) is 13.7 Å². The van der Waals surface area contributed by atoms with Crippen molar-refractivity contribution in [1.82, 2.24) is 14.5 Å². The van der Waals surface area contributed by atoms with Gasteiger partial charge in [0.15, 0.2) is 0 Å². The summed E-state index contributed by atoms with van der Waals surface area (Å²) >= 11 is 0. The van der Waals surface area contributed by atoms with Gasteiger partial charge in [-0.05, 0) is 25.0 Å². The Kier molecular flexibility index (Phi) is 4.30. The van der Waals surface area contributed by atoms with Crippen LogP contribution in [-0.2, 0) is 11.3 Å². The molecule has 0 unspecified atom stereocenters. The maximum Gasteiger partial charge on any atom is 0.330 e. The summed E-state index contributed by atoms with van der Waals surface area (Å²) in [6.45, 7) is 1.06. The van der Waals surface area contributed by atoms with Crippen LogP contribution in [0.3, 0.4) is 0 Å². The zero-order valence-corrected chi connectivity index (χ0v) is 14.4. The van der Waals surface area contributed by atoms with Crippen LogP contribution in [0, 0.1) is 0 Å². The van der Waals surface area contributed by atoms with Gasteiger partial charge in [-0.1, -0.05) is 18.2 Å². The number of aromatic nitrogens is 3. The first-order valence-electron chi connectivity index (χ1n) is 8.56. The SMILES string of the molecule is COc1ccccc1-c1ccnc2c1c(=O)[nH]c(=O)n2C[C@H]1CCCO1. The molecular weight excluding hydrogens is 334 g/mol. The Morgan fingerprint density at radius 2 is 2.12 bits per heavy atom. The number of methoxy groups -OCH3 is 1. The van der Waals surface area contributed by atoms with Gasteiger partial charge < -0.3 is 9.47 Å². The summed E-state index contributed by atoms with van der Waals surface area (Å²) in [6, 6.07) is 9.21. The van der Waals surface area contributed by atoms with E-state index in [0.717, 1.165) is 18.4 Å². The normalized spacial score (nSPS) is 16.9. The quantitative estimate of drug-likeness (QED) is 0.775. The first kappa shape index (κ1) is 16.5. The number of nitrogens with zero attached hydrogens (tertiary/aromatic N) is 2. The first-order valence-corrected chi connectivity index (χ1v) is 8.56. The van der Waals surface area contributed by atoms with Crippen LogP contribution in [0.4, 0.5) is 0 Å². The van der Waals surface area contributed by atoms with Crippen molar-refractivity contribution in [1.29, 1.82) is 0 Å². The highest BCUT2D eigenvalue weighted by Gasteiger charge is 2.21. The molecule has 0 bridgehead atoms. The minimum Gasteiger partial charge on any atom is -0.496 e. The fraction of sp³-hybridized carbons (Fsp3) is 0.316. The van der Waals surface area contributed by atoms with E-state index in [1.54, 1.807) is 19.4 Å². The highest BCUT2D eigenvalue weighted by Crippen LogP contribution is 2.32. The van der Waals surface area contributed by atoms with E-state index in [9.17, 15) is 9.59 Å². The second-order valence-electron chi connectivity index (χ2n) is 6.26. The van der Waals surface area contributed by atoms with E-state index >= 15 is 0 Å². The van der Waals surface area contributed by atoms with Gasteiger partial charge in [0.05, 0.1) is 25.1 Å². The second-order valence-corrected chi connectivity index (χ2v) is 6.26. The number of H-pyrrole nitrogens is 1. The largest absolute Gasteiger partial charge is 0.496 e. The third kappa shape index (κ3) is 2.80. The van der Waals surface area contributed by atoms with Gasteiger partial charge in [-0.25, -0.2) is 9.78 Å². The van der Waals surface area contributed by atoms with Gasteiger partial charge in [0.25, 0.3) is 5.56 Å². The topological polar surface area (TPSA) is 86.2 Å². The molecule has 7 heteroatoms. The molecular formula is C19H19N3O4. The lowest BCUT2D eigenvalue weighted by molar-refractivity contribution is 0.0967. The van der Waals surface area contributed by atoms with E-state index < -0.39 is 11.2 Å². The Morgan fingerprint density at radius 3 is 2.88 bits per heavy atom. The van der Waals surface area contributed by atoms with E-state index in [1.807, 2.05) is 24.3 Å². The monoisotopic (exact) mass is 353 g/mol. The molecule has 4 rings (SSSR count). The minimum absolute atomic E-state index is 0.0430. The fourth-order valence-corrected chi connectivity index (χ4v) is 3.46. The Bertz CT molecular complexity index is 1060. The molecule has 1 atom stereocenters. The summed E-state index contributed by atoms with van der Waals surface area (Å²) in [5.41, 5.74) is 0.882. The number of nitrogens with one attached hydrogen (secondary N) is 1. The summed E-state index contributed by atoms with van der Waals surface area (Å²) < 4.78 is 12.6. The van der Waals surface area contributed by atoms with Gasteiger partial charge in [0, 0.05) is 23.9 Å². The lowest BCUT2D eigenvalue weighted by atomic mass is 10.0. The Labute approximate surface area is 149 Å². The molecule has 1 aliphatic rings. The third-order valence-corrected chi connectivity index (χ3v) is 4.69. The van der Waals surface area contributed by atoms with Gasteiger partial charge in [-0.2, -0.15) is 0 Å². The zero-order chi connectivity index (χ0) is 18.1. The van der Waals surface area contributed by atoms with Crippen molar-refractivity contribution in [3.8, 4) is 16.9 Å². The highest BCUT2D eigenvalue weighted by atomic mass is 16.5. The van der Waals surface area contributed by atoms with E-state index in [4.69, 9.17) is 9.47 Å². The van der Waals surface area contributed by atoms with Crippen LogP contribution in [0.2, 0.25) is 0 Å². The van der Waals surface area contributed by atoms with E-state index in [-0.39, 0.29) is 6.10 Å². The van der Waals surface area contributed by atoms with E-state index in [2.05, 4.69) is 9.97 Å². The second kappa shape index (κ2) is 6.76. The minimum atomic E-state index is -0.470. The standard InChI is InChI=1S/C19H19N3O4/c1-25-15-7-3-2-6-13(15)14-8-9-20-17-16(14)18(23)21-19(24)22(17)11-12-5-4-10-26-12/h2-3,6-9,12H,4-5,10-11H2,1H3,(H,21,23,24)/t12-/m1/s1. The highest BCUT2D eigenvalue weighted by molar-refractivity contribution is 5.93. The maximum absolute atomic E-state index is 12.6. The molecule has 26 heavy (non-hydrogen) atoms. The molecule has 7 nitrogen and oxygen atoms in total. The van der Waals surface area contributed by atoms with Crippen molar-refractivity contribution in [3.63, 3.8) is 0 Å². The Balaban J connectivity index is 1.96. The molecule has 1 fully saturated rings. The van der Waals surface area contributed by atoms with Crippen molar-refractivity contribution in [3.05, 3.63) is 57.4 Å². The van der Waals surface area contributed by atoms with Crippen LogP contribution < -0.4 is 16.0 Å². The number of hydrogen-bond donors (Lipinski definition) is 1. The molecule has 0 saturated carbocycles. The lowest BCUT2D eigenvalue weighted by Gasteiger charge is -2.15. The van der Waals surface area contributed by atoms with Crippen LogP contribution in [-0.4, -0.2) is 34.4 Å². The first-order chi connectivity index (χ1) is 12.7. The number of pyridine rings is 1. The summed E-state index contributed by atoms with van der Waals surface area (Å²) in [7, 11) is 1.58. The molecule has 1 aliphatic heterocycles. The smallest absolute Gasteiger partial charge is 0.330 e. The number of para-hydroxylation sites is 1. The predicted octanol–water partition coefficient (Wildman–Crippen LogP) is 1.94. The van der Waals surface area contributed by atoms with E-state index in [0.29, 0.717) is 35.5 Å². The molecule has 2 aromatic heterocycles. The van der Waals surface area contributed by atoms with Crippen LogP contribution >= 0.6 is 0 Å². The number of rotatable bonds is 4. The van der Waals surface area contributed by atoms with Gasteiger partial charge in [0.1, 0.15) is 11.4 Å². The average Bonchev–Trinajstić information content (AvgIpc) is 3.17. The number of aromatic amines is 1. The fourth-order valence-electron chi connectivity index (χ4n) is 3.46. The molecule has 3 aromatic rings. The van der Waals surface area contributed by atoms with Gasteiger partial charge in [-0.3, -0.25) is 14.3 Å². The third-order valence-electron chi connectivity index (χ3n) is 4.69. The van der Waals surface area contributed by atoms with Crippen LogP contribution in [0.25, 0.3) is 22.2 Å². The summed E-state index contributed by atoms with van der Waals surface area (Å²) in [5, 5.41) is 0.370.